The first kappa shape index (κ1) is 7.91. The maximum atomic E-state index is 13.0. The summed E-state index contributed by atoms with van der Waals surface area (Å²) in [6, 6.07) is 0. The Labute approximate surface area is 61.8 Å². The van der Waals surface area contributed by atoms with E-state index in [4.69, 9.17) is 5.11 Å². The molecule has 0 aromatic rings. The highest BCUT2D eigenvalue weighted by atomic mass is 19.1. The molecular formula is C7H6F2O2. The van der Waals surface area contributed by atoms with E-state index in [2.05, 4.69) is 0 Å². The van der Waals surface area contributed by atoms with Crippen LogP contribution in [0.1, 0.15) is 6.42 Å². The van der Waals surface area contributed by atoms with Crippen LogP contribution in [0.15, 0.2) is 24.1 Å². The van der Waals surface area contributed by atoms with Gasteiger partial charge in [0.1, 0.15) is 5.83 Å². The minimum Gasteiger partial charge on any atom is -0.479 e. The number of hydrogen-bond donors (Lipinski definition) is 1. The first-order valence-electron chi connectivity index (χ1n) is 3.02. The van der Waals surface area contributed by atoms with Gasteiger partial charge in [0, 0.05) is 6.42 Å². The number of hydrogen-bond acceptors (Lipinski definition) is 1. The number of rotatable bonds is 1. The number of halogens is 2. The number of carboxylic acid groups (broad SMARTS) is 1. The lowest BCUT2D eigenvalue weighted by Gasteiger charge is -2.16. The molecule has 0 saturated carbocycles. The number of carboxylic acids is 1. The molecule has 0 spiro atoms. The Balaban J connectivity index is 2.92. The molecule has 0 aromatic carbocycles. The highest BCUT2D eigenvalue weighted by Gasteiger charge is 2.37. The van der Waals surface area contributed by atoms with Crippen molar-refractivity contribution in [2.75, 3.05) is 0 Å². The number of carbonyl (C=O) groups is 1. The fraction of sp³-hybridized carbons (Fsp3) is 0.286. The van der Waals surface area contributed by atoms with Crippen molar-refractivity contribution in [2.45, 2.75) is 12.1 Å². The molecule has 0 saturated heterocycles. The zero-order valence-electron chi connectivity index (χ0n) is 5.55. The van der Waals surface area contributed by atoms with Crippen molar-refractivity contribution in [3.63, 3.8) is 0 Å². The van der Waals surface area contributed by atoms with E-state index in [0.717, 1.165) is 12.2 Å². The Kier molecular flexibility index (Phi) is 1.76. The molecule has 11 heavy (non-hydrogen) atoms. The quantitative estimate of drug-likeness (QED) is 0.632. The van der Waals surface area contributed by atoms with Crippen molar-refractivity contribution in [3.8, 4) is 0 Å². The average molecular weight is 160 g/mol. The Morgan fingerprint density at radius 3 is 2.73 bits per heavy atom. The van der Waals surface area contributed by atoms with Crippen LogP contribution in [0.25, 0.3) is 0 Å². The first-order valence-corrected chi connectivity index (χ1v) is 3.02. The Hall–Kier alpha value is -1.19. The van der Waals surface area contributed by atoms with Gasteiger partial charge in [0.15, 0.2) is 0 Å². The fourth-order valence-electron chi connectivity index (χ4n) is 0.818. The van der Waals surface area contributed by atoms with E-state index in [-0.39, 0.29) is 6.42 Å². The lowest BCUT2D eigenvalue weighted by molar-refractivity contribution is -0.147. The van der Waals surface area contributed by atoms with E-state index < -0.39 is 17.5 Å². The van der Waals surface area contributed by atoms with Crippen LogP contribution in [0.5, 0.6) is 0 Å². The van der Waals surface area contributed by atoms with Crippen molar-refractivity contribution in [1.82, 2.24) is 0 Å². The van der Waals surface area contributed by atoms with E-state index in [1.807, 2.05) is 0 Å². The predicted molar refractivity (Wildman–Crippen MR) is 34.4 cm³/mol. The van der Waals surface area contributed by atoms with E-state index in [1.165, 1.54) is 0 Å². The van der Waals surface area contributed by atoms with Crippen LogP contribution >= 0.6 is 0 Å². The Morgan fingerprint density at radius 1 is 1.73 bits per heavy atom. The van der Waals surface area contributed by atoms with Crippen LogP contribution in [0.2, 0.25) is 0 Å². The van der Waals surface area contributed by atoms with Crippen LogP contribution in [0.3, 0.4) is 0 Å². The SMILES string of the molecule is O=C(O)C1(F)C=C(F)C=CC1. The summed E-state index contributed by atoms with van der Waals surface area (Å²) < 4.78 is 25.3. The van der Waals surface area contributed by atoms with E-state index >= 15 is 0 Å². The molecule has 0 amide bonds. The van der Waals surface area contributed by atoms with Gasteiger partial charge >= 0.3 is 5.97 Å². The lowest BCUT2D eigenvalue weighted by Crippen LogP contribution is -2.31. The van der Waals surface area contributed by atoms with Gasteiger partial charge in [-0.15, -0.1) is 0 Å². The second kappa shape index (κ2) is 2.45. The van der Waals surface area contributed by atoms with Crippen molar-refractivity contribution >= 4 is 5.97 Å². The molecule has 1 rings (SSSR count). The topological polar surface area (TPSA) is 37.3 Å². The molecule has 1 aliphatic rings. The zero-order chi connectivity index (χ0) is 8.48. The summed E-state index contributed by atoms with van der Waals surface area (Å²) in [6.45, 7) is 0. The summed E-state index contributed by atoms with van der Waals surface area (Å²) in [6.07, 6.45) is 2.36. The summed E-state index contributed by atoms with van der Waals surface area (Å²) in [7, 11) is 0. The van der Waals surface area contributed by atoms with Crippen molar-refractivity contribution < 1.29 is 18.7 Å². The van der Waals surface area contributed by atoms with Gasteiger partial charge in [0.25, 0.3) is 0 Å². The largest absolute Gasteiger partial charge is 0.479 e. The summed E-state index contributed by atoms with van der Waals surface area (Å²) >= 11 is 0. The minimum atomic E-state index is -2.56. The average Bonchev–Trinajstić information content (AvgIpc) is 1.86. The van der Waals surface area contributed by atoms with Gasteiger partial charge in [-0.25, -0.2) is 13.6 Å². The molecule has 0 heterocycles. The number of allylic oxidation sites excluding steroid dienone is 3. The lowest BCUT2D eigenvalue weighted by atomic mass is 9.97. The third-order valence-corrected chi connectivity index (χ3v) is 1.41. The van der Waals surface area contributed by atoms with Gasteiger partial charge < -0.3 is 5.11 Å². The van der Waals surface area contributed by atoms with Crippen LogP contribution in [-0.4, -0.2) is 16.7 Å². The van der Waals surface area contributed by atoms with Crippen LogP contribution in [-0.2, 0) is 4.79 Å². The standard InChI is InChI=1S/C7H6F2O2/c8-5-2-1-3-7(9,4-5)6(10)11/h1-2,4H,3H2,(H,10,11). The summed E-state index contributed by atoms with van der Waals surface area (Å²) in [4.78, 5) is 10.2. The smallest absolute Gasteiger partial charge is 0.346 e. The number of alkyl halides is 1. The van der Waals surface area contributed by atoms with Crippen LogP contribution < -0.4 is 0 Å². The molecule has 1 aliphatic carbocycles. The van der Waals surface area contributed by atoms with E-state index in [9.17, 15) is 13.6 Å². The third kappa shape index (κ3) is 1.45. The second-order valence-electron chi connectivity index (χ2n) is 2.30. The summed E-state index contributed by atoms with van der Waals surface area (Å²) in [5, 5.41) is 8.30. The second-order valence-corrected chi connectivity index (χ2v) is 2.30. The molecule has 0 aliphatic heterocycles. The molecular weight excluding hydrogens is 154 g/mol. The molecule has 4 heteroatoms. The molecule has 1 atom stereocenters. The Morgan fingerprint density at radius 2 is 2.36 bits per heavy atom. The van der Waals surface area contributed by atoms with Gasteiger partial charge in [-0.3, -0.25) is 0 Å². The first-order chi connectivity index (χ1) is 5.04. The molecule has 60 valence electrons. The van der Waals surface area contributed by atoms with Gasteiger partial charge in [-0.05, 0) is 12.2 Å². The third-order valence-electron chi connectivity index (χ3n) is 1.41. The molecule has 2 nitrogen and oxygen atoms in total. The summed E-state index contributed by atoms with van der Waals surface area (Å²) in [5.74, 6) is -2.50. The summed E-state index contributed by atoms with van der Waals surface area (Å²) in [5.41, 5.74) is -2.56. The monoisotopic (exact) mass is 160 g/mol. The molecule has 1 unspecified atom stereocenters. The highest BCUT2D eigenvalue weighted by Crippen LogP contribution is 2.26. The maximum Gasteiger partial charge on any atom is 0.346 e. The molecule has 1 N–H and O–H groups in total. The van der Waals surface area contributed by atoms with Crippen LogP contribution in [0.4, 0.5) is 8.78 Å². The van der Waals surface area contributed by atoms with Gasteiger partial charge in [-0.1, -0.05) is 6.08 Å². The van der Waals surface area contributed by atoms with Gasteiger partial charge in [0.05, 0.1) is 0 Å². The van der Waals surface area contributed by atoms with Crippen LogP contribution in [0, 0.1) is 0 Å². The van der Waals surface area contributed by atoms with Gasteiger partial charge in [0.2, 0.25) is 5.67 Å². The number of aliphatic carboxylic acids is 1. The normalized spacial score (nSPS) is 29.8. The van der Waals surface area contributed by atoms with E-state index in [0.29, 0.717) is 6.08 Å². The molecule has 0 bridgehead atoms. The maximum absolute atomic E-state index is 13.0. The van der Waals surface area contributed by atoms with Crippen molar-refractivity contribution in [3.05, 3.63) is 24.1 Å². The minimum absolute atomic E-state index is 0.310. The molecule has 0 radical (unpaired) electrons. The van der Waals surface area contributed by atoms with Crippen molar-refractivity contribution in [1.29, 1.82) is 0 Å². The predicted octanol–water partition coefficient (Wildman–Crippen LogP) is 1.59. The van der Waals surface area contributed by atoms with Crippen molar-refractivity contribution in [2.24, 2.45) is 0 Å². The molecule has 0 fully saturated rings. The highest BCUT2D eigenvalue weighted by molar-refractivity contribution is 5.80. The zero-order valence-corrected chi connectivity index (χ0v) is 5.55. The fourth-order valence-corrected chi connectivity index (χ4v) is 0.818. The molecule has 0 aromatic heterocycles. The Bertz CT molecular complexity index is 245. The van der Waals surface area contributed by atoms with E-state index in [1.54, 1.807) is 0 Å². The van der Waals surface area contributed by atoms with Gasteiger partial charge in [-0.2, -0.15) is 0 Å².